The molecule has 0 amide bonds. The van der Waals surface area contributed by atoms with Gasteiger partial charge in [-0.3, -0.25) is 4.90 Å². The predicted molar refractivity (Wildman–Crippen MR) is 92.1 cm³/mol. The molecular weight excluding hydrogens is 328 g/mol. The first-order valence-electron chi connectivity index (χ1n) is 8.12. The van der Waals surface area contributed by atoms with Crippen LogP contribution in [0.3, 0.4) is 0 Å². The van der Waals surface area contributed by atoms with Crippen LogP contribution in [0.15, 0.2) is 24.3 Å². The lowest BCUT2D eigenvalue weighted by molar-refractivity contribution is 0.119. The van der Waals surface area contributed by atoms with Crippen molar-refractivity contribution in [3.8, 4) is 0 Å². The Morgan fingerprint density at radius 1 is 1.17 bits per heavy atom. The summed E-state index contributed by atoms with van der Waals surface area (Å²) in [7, 11) is 3.83. The fourth-order valence-corrected chi connectivity index (χ4v) is 3.12. The van der Waals surface area contributed by atoms with Crippen LogP contribution >= 0.6 is 11.6 Å². The van der Waals surface area contributed by atoms with Gasteiger partial charge in [-0.05, 0) is 35.2 Å². The van der Waals surface area contributed by atoms with Crippen LogP contribution in [0.2, 0.25) is 5.02 Å². The molecule has 2 heterocycles. The van der Waals surface area contributed by atoms with Gasteiger partial charge >= 0.3 is 0 Å². The molecule has 24 heavy (non-hydrogen) atoms. The monoisotopic (exact) mass is 350 g/mol. The van der Waals surface area contributed by atoms with Crippen molar-refractivity contribution in [2.75, 3.05) is 46.9 Å². The van der Waals surface area contributed by atoms with Crippen LogP contribution in [-0.2, 0) is 11.3 Å². The lowest BCUT2D eigenvalue weighted by atomic mass is 10.0. The fourth-order valence-electron chi connectivity index (χ4n) is 2.99. The molecule has 1 atom stereocenters. The van der Waals surface area contributed by atoms with E-state index in [1.165, 1.54) is 0 Å². The number of hydrogen-bond acceptors (Lipinski definition) is 6. The Morgan fingerprint density at radius 2 is 1.88 bits per heavy atom. The van der Waals surface area contributed by atoms with Crippen molar-refractivity contribution in [1.82, 2.24) is 30.0 Å². The van der Waals surface area contributed by atoms with E-state index < -0.39 is 0 Å². The summed E-state index contributed by atoms with van der Waals surface area (Å²) in [5.74, 6) is 0.846. The first-order chi connectivity index (χ1) is 11.7. The van der Waals surface area contributed by atoms with Crippen LogP contribution in [0, 0.1) is 0 Å². The minimum absolute atomic E-state index is 0.0165. The standard InChI is InChI=1S/C16H23ClN6O/c1-21-7-9-22(10-8-21)15(13-3-5-14(17)6-4-13)16-18-19-20-23(16)11-12-24-2/h3-6,15H,7-12H2,1-2H3/t15-/m1/s1. The van der Waals surface area contributed by atoms with E-state index in [0.717, 1.165) is 42.6 Å². The molecule has 1 aromatic heterocycles. The SMILES string of the molecule is COCCn1nnnc1[C@@H](c1ccc(Cl)cc1)N1CCN(C)CC1. The van der Waals surface area contributed by atoms with E-state index in [-0.39, 0.29) is 6.04 Å². The maximum atomic E-state index is 6.06. The second-order valence-electron chi connectivity index (χ2n) is 6.05. The van der Waals surface area contributed by atoms with Crippen molar-refractivity contribution in [2.24, 2.45) is 0 Å². The molecule has 1 aromatic carbocycles. The molecule has 1 aliphatic heterocycles. The molecule has 3 rings (SSSR count). The van der Waals surface area contributed by atoms with Gasteiger partial charge in [-0.15, -0.1) is 5.10 Å². The molecule has 1 fully saturated rings. The second-order valence-corrected chi connectivity index (χ2v) is 6.48. The molecule has 0 aliphatic carbocycles. The number of aromatic nitrogens is 4. The summed E-state index contributed by atoms with van der Waals surface area (Å²) in [4.78, 5) is 4.77. The molecule has 2 aromatic rings. The molecular formula is C16H23ClN6O. The van der Waals surface area contributed by atoms with Crippen LogP contribution < -0.4 is 0 Å². The highest BCUT2D eigenvalue weighted by Gasteiger charge is 2.29. The first kappa shape index (κ1) is 17.3. The summed E-state index contributed by atoms with van der Waals surface area (Å²) >= 11 is 6.06. The van der Waals surface area contributed by atoms with Crippen molar-refractivity contribution in [2.45, 2.75) is 12.6 Å². The molecule has 0 N–H and O–H groups in total. The van der Waals surface area contributed by atoms with Crippen molar-refractivity contribution in [3.05, 3.63) is 40.7 Å². The Morgan fingerprint density at radius 3 is 2.54 bits per heavy atom. The molecule has 130 valence electrons. The zero-order valence-electron chi connectivity index (χ0n) is 14.1. The van der Waals surface area contributed by atoms with Gasteiger partial charge in [0.2, 0.25) is 0 Å². The van der Waals surface area contributed by atoms with Gasteiger partial charge in [0.15, 0.2) is 5.82 Å². The highest BCUT2D eigenvalue weighted by Crippen LogP contribution is 2.28. The zero-order chi connectivity index (χ0) is 16.9. The quantitative estimate of drug-likeness (QED) is 0.783. The van der Waals surface area contributed by atoms with Gasteiger partial charge in [-0.1, -0.05) is 23.7 Å². The molecule has 1 saturated heterocycles. The number of rotatable bonds is 6. The minimum Gasteiger partial charge on any atom is -0.383 e. The van der Waals surface area contributed by atoms with Crippen LogP contribution in [-0.4, -0.2) is 77.0 Å². The number of nitrogens with zero attached hydrogens (tertiary/aromatic N) is 6. The van der Waals surface area contributed by atoms with E-state index in [0.29, 0.717) is 13.2 Å². The van der Waals surface area contributed by atoms with Crippen LogP contribution in [0.5, 0.6) is 0 Å². The average Bonchev–Trinajstić information content (AvgIpc) is 3.05. The van der Waals surface area contributed by atoms with Gasteiger partial charge in [0.1, 0.15) is 0 Å². The number of tetrazole rings is 1. The molecule has 7 nitrogen and oxygen atoms in total. The number of ether oxygens (including phenoxy) is 1. The van der Waals surface area contributed by atoms with Gasteiger partial charge < -0.3 is 9.64 Å². The Balaban J connectivity index is 1.92. The summed E-state index contributed by atoms with van der Waals surface area (Å²) in [5.41, 5.74) is 1.15. The topological polar surface area (TPSA) is 59.3 Å². The summed E-state index contributed by atoms with van der Waals surface area (Å²) in [6, 6.07) is 7.97. The summed E-state index contributed by atoms with van der Waals surface area (Å²) in [6.45, 7) is 5.22. The number of benzene rings is 1. The summed E-state index contributed by atoms with van der Waals surface area (Å²) in [6.07, 6.45) is 0. The normalized spacial score (nSPS) is 18.0. The van der Waals surface area contributed by atoms with E-state index in [9.17, 15) is 0 Å². The lowest BCUT2D eigenvalue weighted by Gasteiger charge is -2.37. The molecule has 8 heteroatoms. The minimum atomic E-state index is 0.0165. The van der Waals surface area contributed by atoms with Gasteiger partial charge in [-0.2, -0.15) is 0 Å². The van der Waals surface area contributed by atoms with Crippen LogP contribution in [0.1, 0.15) is 17.4 Å². The first-order valence-corrected chi connectivity index (χ1v) is 8.50. The molecule has 0 saturated carbocycles. The van der Waals surface area contributed by atoms with Crippen molar-refractivity contribution in [3.63, 3.8) is 0 Å². The summed E-state index contributed by atoms with van der Waals surface area (Å²) in [5, 5.41) is 13.1. The Labute approximate surface area is 147 Å². The van der Waals surface area contributed by atoms with Crippen LogP contribution in [0.4, 0.5) is 0 Å². The molecule has 0 unspecified atom stereocenters. The Kier molecular flexibility index (Phi) is 5.78. The Hall–Kier alpha value is -1.54. The fraction of sp³-hybridized carbons (Fsp3) is 0.562. The smallest absolute Gasteiger partial charge is 0.173 e. The highest BCUT2D eigenvalue weighted by molar-refractivity contribution is 6.30. The van der Waals surface area contributed by atoms with Crippen molar-refractivity contribution in [1.29, 1.82) is 0 Å². The van der Waals surface area contributed by atoms with E-state index in [4.69, 9.17) is 16.3 Å². The number of likely N-dealkylation sites (N-methyl/N-ethyl adjacent to an activating group) is 1. The molecule has 0 spiro atoms. The largest absolute Gasteiger partial charge is 0.383 e. The predicted octanol–water partition coefficient (Wildman–Crippen LogP) is 1.31. The van der Waals surface area contributed by atoms with Gasteiger partial charge in [0.25, 0.3) is 0 Å². The van der Waals surface area contributed by atoms with Crippen molar-refractivity contribution < 1.29 is 4.74 Å². The second kappa shape index (κ2) is 8.02. The summed E-state index contributed by atoms with van der Waals surface area (Å²) < 4.78 is 7.01. The van der Waals surface area contributed by atoms with Gasteiger partial charge in [-0.25, -0.2) is 4.68 Å². The number of halogens is 1. The third kappa shape index (κ3) is 3.92. The highest BCUT2D eigenvalue weighted by atomic mass is 35.5. The molecule has 0 radical (unpaired) electrons. The van der Waals surface area contributed by atoms with E-state index >= 15 is 0 Å². The van der Waals surface area contributed by atoms with E-state index in [1.807, 2.05) is 16.8 Å². The number of piperazine rings is 1. The number of hydrogen-bond donors (Lipinski definition) is 0. The molecule has 1 aliphatic rings. The van der Waals surface area contributed by atoms with Gasteiger partial charge in [0.05, 0.1) is 19.2 Å². The maximum absolute atomic E-state index is 6.06. The Bertz CT molecular complexity index is 638. The van der Waals surface area contributed by atoms with Gasteiger partial charge in [0, 0.05) is 38.3 Å². The van der Waals surface area contributed by atoms with Crippen LogP contribution in [0.25, 0.3) is 0 Å². The average molecular weight is 351 g/mol. The maximum Gasteiger partial charge on any atom is 0.173 e. The van der Waals surface area contributed by atoms with E-state index in [1.54, 1.807) is 7.11 Å². The third-order valence-electron chi connectivity index (χ3n) is 4.40. The van der Waals surface area contributed by atoms with E-state index in [2.05, 4.69) is 44.5 Å². The zero-order valence-corrected chi connectivity index (χ0v) is 14.9. The molecule has 0 bridgehead atoms. The third-order valence-corrected chi connectivity index (χ3v) is 4.65. The number of methoxy groups -OCH3 is 1. The lowest BCUT2D eigenvalue weighted by Crippen LogP contribution is -2.46. The van der Waals surface area contributed by atoms with Crippen molar-refractivity contribution >= 4 is 11.6 Å².